The number of ether oxygens (including phenoxy) is 1. The molecule has 0 aliphatic heterocycles. The van der Waals surface area contributed by atoms with Crippen LogP contribution >= 0.6 is 15.9 Å². The Bertz CT molecular complexity index is 364. The summed E-state index contributed by atoms with van der Waals surface area (Å²) in [5.74, 6) is 0.0680. The minimum Gasteiger partial charge on any atom is -0.495 e. The highest BCUT2D eigenvalue weighted by atomic mass is 79.9. The zero-order chi connectivity index (χ0) is 11.6. The van der Waals surface area contributed by atoms with E-state index in [0.717, 1.165) is 0 Å². The summed E-state index contributed by atoms with van der Waals surface area (Å²) < 4.78 is 19.2. The third-order valence-corrected chi connectivity index (χ3v) is 3.13. The second kappa shape index (κ2) is 4.49. The first-order chi connectivity index (χ1) is 6.94. The molecule has 0 saturated carbocycles. The summed E-state index contributed by atoms with van der Waals surface area (Å²) in [4.78, 5) is 0. The minimum atomic E-state index is -0.598. The number of hydrogen-bond acceptors (Lipinski definition) is 2. The van der Waals surface area contributed by atoms with Crippen LogP contribution in [0.3, 0.4) is 0 Å². The first-order valence-corrected chi connectivity index (χ1v) is 5.36. The smallest absolute Gasteiger partial charge is 0.144 e. The number of methoxy groups -OCH3 is 1. The number of hydrogen-bond donors (Lipinski definition) is 1. The Balaban J connectivity index is 3.29. The molecule has 0 amide bonds. The second-order valence-corrected chi connectivity index (χ2v) is 4.78. The fourth-order valence-corrected chi connectivity index (χ4v) is 1.80. The molecule has 1 aromatic carbocycles. The van der Waals surface area contributed by atoms with Gasteiger partial charge in [-0.25, -0.2) is 4.39 Å². The van der Waals surface area contributed by atoms with Crippen molar-refractivity contribution in [1.82, 2.24) is 0 Å². The predicted molar refractivity (Wildman–Crippen MR) is 60.8 cm³/mol. The van der Waals surface area contributed by atoms with E-state index in [1.165, 1.54) is 7.11 Å². The number of rotatable bonds is 3. The van der Waals surface area contributed by atoms with Crippen LogP contribution in [0.25, 0.3) is 0 Å². The molecule has 0 aromatic heterocycles. The van der Waals surface area contributed by atoms with Crippen molar-refractivity contribution in [2.45, 2.75) is 19.3 Å². The zero-order valence-corrected chi connectivity index (χ0v) is 10.6. The minimum absolute atomic E-state index is 0.108. The Morgan fingerprint density at radius 1 is 1.47 bits per heavy atom. The molecule has 4 heteroatoms. The summed E-state index contributed by atoms with van der Waals surface area (Å²) in [7, 11) is 1.48. The standard InChI is InChI=1S/C11H14BrFO2/c1-11(2,6-14)7-4-5-8(15-3)9(12)10(7)13/h4-5,14H,6H2,1-3H3. The quantitative estimate of drug-likeness (QED) is 0.920. The van der Waals surface area contributed by atoms with Crippen LogP contribution in [-0.4, -0.2) is 18.8 Å². The molecule has 1 rings (SSSR count). The van der Waals surface area contributed by atoms with Crippen LogP contribution in [-0.2, 0) is 5.41 Å². The molecule has 0 spiro atoms. The van der Waals surface area contributed by atoms with E-state index in [2.05, 4.69) is 15.9 Å². The van der Waals surface area contributed by atoms with Crippen molar-refractivity contribution in [3.8, 4) is 5.75 Å². The summed E-state index contributed by atoms with van der Waals surface area (Å²) in [6, 6.07) is 3.31. The molecule has 0 radical (unpaired) electrons. The van der Waals surface area contributed by atoms with Gasteiger partial charge in [-0.15, -0.1) is 0 Å². The Labute approximate surface area is 97.2 Å². The van der Waals surface area contributed by atoms with Gasteiger partial charge in [0.2, 0.25) is 0 Å². The van der Waals surface area contributed by atoms with Crippen molar-refractivity contribution >= 4 is 15.9 Å². The first-order valence-electron chi connectivity index (χ1n) is 4.57. The summed E-state index contributed by atoms with van der Waals surface area (Å²) in [5.41, 5.74) is -0.128. The van der Waals surface area contributed by atoms with E-state index in [1.807, 2.05) is 0 Å². The molecule has 0 atom stereocenters. The lowest BCUT2D eigenvalue weighted by Gasteiger charge is -2.23. The van der Waals surface area contributed by atoms with Gasteiger partial charge in [-0.3, -0.25) is 0 Å². The Hall–Kier alpha value is -0.610. The fraction of sp³-hybridized carbons (Fsp3) is 0.455. The topological polar surface area (TPSA) is 29.5 Å². The first kappa shape index (κ1) is 12.5. The third-order valence-electron chi connectivity index (χ3n) is 2.39. The van der Waals surface area contributed by atoms with Crippen LogP contribution in [0.5, 0.6) is 5.75 Å². The Morgan fingerprint density at radius 2 is 2.07 bits per heavy atom. The van der Waals surface area contributed by atoms with E-state index in [-0.39, 0.29) is 12.4 Å². The molecule has 84 valence electrons. The molecule has 0 bridgehead atoms. The van der Waals surface area contributed by atoms with E-state index in [0.29, 0.717) is 15.8 Å². The normalized spacial score (nSPS) is 11.6. The second-order valence-electron chi connectivity index (χ2n) is 3.99. The van der Waals surface area contributed by atoms with Crippen molar-refractivity contribution in [2.24, 2.45) is 0 Å². The van der Waals surface area contributed by atoms with Crippen LogP contribution in [0.1, 0.15) is 19.4 Å². The average Bonchev–Trinajstić information content (AvgIpc) is 2.21. The van der Waals surface area contributed by atoms with E-state index in [9.17, 15) is 9.50 Å². The van der Waals surface area contributed by atoms with Gasteiger partial charge in [0.15, 0.2) is 0 Å². The van der Waals surface area contributed by atoms with E-state index in [4.69, 9.17) is 4.74 Å². The van der Waals surface area contributed by atoms with Crippen molar-refractivity contribution in [1.29, 1.82) is 0 Å². The zero-order valence-electron chi connectivity index (χ0n) is 8.97. The number of benzene rings is 1. The number of aliphatic hydroxyl groups is 1. The van der Waals surface area contributed by atoms with Crippen LogP contribution < -0.4 is 4.74 Å². The van der Waals surface area contributed by atoms with Crippen molar-refractivity contribution in [2.75, 3.05) is 13.7 Å². The summed E-state index contributed by atoms with van der Waals surface area (Å²) in [5, 5.41) is 9.18. The molecule has 0 unspecified atom stereocenters. The Morgan fingerprint density at radius 3 is 2.53 bits per heavy atom. The predicted octanol–water partition coefficient (Wildman–Crippen LogP) is 2.87. The molecule has 0 aliphatic rings. The highest BCUT2D eigenvalue weighted by Crippen LogP contribution is 2.34. The maximum atomic E-state index is 13.9. The van der Waals surface area contributed by atoms with Crippen molar-refractivity contribution in [3.05, 3.63) is 28.0 Å². The van der Waals surface area contributed by atoms with Gasteiger partial charge in [-0.1, -0.05) is 19.9 Å². The lowest BCUT2D eigenvalue weighted by molar-refractivity contribution is 0.214. The number of aliphatic hydroxyl groups excluding tert-OH is 1. The van der Waals surface area contributed by atoms with Crippen LogP contribution in [0.2, 0.25) is 0 Å². The van der Waals surface area contributed by atoms with Crippen LogP contribution in [0.4, 0.5) is 4.39 Å². The van der Waals surface area contributed by atoms with Gasteiger partial charge >= 0.3 is 0 Å². The monoisotopic (exact) mass is 276 g/mol. The third kappa shape index (κ3) is 2.32. The van der Waals surface area contributed by atoms with Crippen LogP contribution in [0.15, 0.2) is 16.6 Å². The van der Waals surface area contributed by atoms with Gasteiger partial charge in [0.25, 0.3) is 0 Å². The SMILES string of the molecule is COc1ccc(C(C)(C)CO)c(F)c1Br. The molecule has 2 nitrogen and oxygen atoms in total. The van der Waals surface area contributed by atoms with Gasteiger partial charge < -0.3 is 9.84 Å². The summed E-state index contributed by atoms with van der Waals surface area (Å²) in [6.07, 6.45) is 0. The fourth-order valence-electron chi connectivity index (χ4n) is 1.30. The molecular weight excluding hydrogens is 263 g/mol. The largest absolute Gasteiger partial charge is 0.495 e. The van der Waals surface area contributed by atoms with Crippen molar-refractivity contribution in [3.63, 3.8) is 0 Å². The lowest BCUT2D eigenvalue weighted by atomic mass is 9.85. The van der Waals surface area contributed by atoms with Crippen LogP contribution in [0, 0.1) is 5.82 Å². The molecular formula is C11H14BrFO2. The molecule has 1 N–H and O–H groups in total. The molecule has 1 aromatic rings. The highest BCUT2D eigenvalue weighted by molar-refractivity contribution is 9.10. The highest BCUT2D eigenvalue weighted by Gasteiger charge is 2.25. The summed E-state index contributed by atoms with van der Waals surface area (Å²) in [6.45, 7) is 3.46. The van der Waals surface area contributed by atoms with E-state index < -0.39 is 5.41 Å². The molecule has 0 saturated heterocycles. The van der Waals surface area contributed by atoms with Gasteiger partial charge in [0, 0.05) is 5.41 Å². The number of halogens is 2. The van der Waals surface area contributed by atoms with E-state index >= 15 is 0 Å². The van der Waals surface area contributed by atoms with Gasteiger partial charge in [0.05, 0.1) is 18.2 Å². The maximum absolute atomic E-state index is 13.9. The van der Waals surface area contributed by atoms with Gasteiger partial charge in [-0.05, 0) is 27.6 Å². The van der Waals surface area contributed by atoms with Gasteiger partial charge in [-0.2, -0.15) is 0 Å². The molecule has 0 fully saturated rings. The van der Waals surface area contributed by atoms with Gasteiger partial charge in [0.1, 0.15) is 11.6 Å². The molecule has 0 aliphatic carbocycles. The van der Waals surface area contributed by atoms with Crippen molar-refractivity contribution < 1.29 is 14.2 Å². The van der Waals surface area contributed by atoms with E-state index in [1.54, 1.807) is 26.0 Å². The molecule has 0 heterocycles. The lowest BCUT2D eigenvalue weighted by Crippen LogP contribution is -2.23. The maximum Gasteiger partial charge on any atom is 0.144 e. The molecule has 15 heavy (non-hydrogen) atoms. The Kier molecular flexibility index (Phi) is 3.73. The average molecular weight is 277 g/mol. The summed E-state index contributed by atoms with van der Waals surface area (Å²) >= 11 is 3.13.